The van der Waals surface area contributed by atoms with Gasteiger partial charge < -0.3 is 15.8 Å². The normalized spacial score (nSPS) is 10.2. The first-order chi connectivity index (χ1) is 9.52. The molecule has 0 atom stereocenters. The maximum Gasteiger partial charge on any atom is 0.149 e. The number of methoxy groups -OCH3 is 1. The Morgan fingerprint density at radius 2 is 1.85 bits per heavy atom. The fraction of sp³-hybridized carbons (Fsp3) is 0.0714. The second-order valence-corrected chi connectivity index (χ2v) is 4.44. The quantitative estimate of drug-likeness (QED) is 0.849. The summed E-state index contributed by atoms with van der Waals surface area (Å²) in [5.41, 5.74) is 6.18. The van der Waals surface area contributed by atoms with Gasteiger partial charge in [0.15, 0.2) is 0 Å². The van der Waals surface area contributed by atoms with Crippen molar-refractivity contribution < 1.29 is 13.5 Å². The van der Waals surface area contributed by atoms with Gasteiger partial charge in [-0.25, -0.2) is 8.78 Å². The van der Waals surface area contributed by atoms with E-state index in [2.05, 4.69) is 5.32 Å². The average Bonchev–Trinajstić information content (AvgIpc) is 2.42. The summed E-state index contributed by atoms with van der Waals surface area (Å²) in [6.45, 7) is 0. The van der Waals surface area contributed by atoms with Gasteiger partial charge in [0.05, 0.1) is 12.8 Å². The second-order valence-electron chi connectivity index (χ2n) is 4.00. The minimum absolute atomic E-state index is 0.118. The van der Waals surface area contributed by atoms with Crippen molar-refractivity contribution in [2.24, 2.45) is 5.73 Å². The minimum Gasteiger partial charge on any atom is -0.497 e. The zero-order valence-electron chi connectivity index (χ0n) is 10.6. The second kappa shape index (κ2) is 5.83. The van der Waals surface area contributed by atoms with Crippen LogP contribution >= 0.6 is 12.2 Å². The summed E-state index contributed by atoms with van der Waals surface area (Å²) in [7, 11) is 1.49. The van der Waals surface area contributed by atoms with E-state index in [-0.39, 0.29) is 10.7 Å². The molecule has 0 aliphatic rings. The molecule has 0 saturated heterocycles. The van der Waals surface area contributed by atoms with Crippen LogP contribution < -0.4 is 15.8 Å². The Bertz CT molecular complexity index is 641. The summed E-state index contributed by atoms with van der Waals surface area (Å²) in [5.74, 6) is -0.896. The number of halogens is 2. The van der Waals surface area contributed by atoms with E-state index < -0.39 is 11.6 Å². The molecule has 0 saturated carbocycles. The van der Waals surface area contributed by atoms with Crippen LogP contribution in [0.5, 0.6) is 5.75 Å². The van der Waals surface area contributed by atoms with Gasteiger partial charge >= 0.3 is 0 Å². The lowest BCUT2D eigenvalue weighted by molar-refractivity contribution is 0.415. The standard InChI is InChI=1S/C14H12F2N2OS/c1-19-8-5-6-9(14(17)20)12(7-8)18-13-10(15)3-2-4-11(13)16/h2-7,18H,1H3,(H2,17,20). The molecule has 0 aliphatic carbocycles. The van der Waals surface area contributed by atoms with Gasteiger partial charge in [0.25, 0.3) is 0 Å². The molecule has 3 nitrogen and oxygen atoms in total. The summed E-state index contributed by atoms with van der Waals surface area (Å²) in [6.07, 6.45) is 0. The van der Waals surface area contributed by atoms with Gasteiger partial charge in [0.2, 0.25) is 0 Å². The van der Waals surface area contributed by atoms with Crippen molar-refractivity contribution in [1.82, 2.24) is 0 Å². The maximum atomic E-state index is 13.7. The molecule has 0 heterocycles. The molecule has 3 N–H and O–H groups in total. The topological polar surface area (TPSA) is 47.3 Å². The number of thiocarbonyl (C=S) groups is 1. The molecule has 2 rings (SSSR count). The highest BCUT2D eigenvalue weighted by atomic mass is 32.1. The van der Waals surface area contributed by atoms with Gasteiger partial charge in [-0.1, -0.05) is 18.3 Å². The molecule has 0 unspecified atom stereocenters. The first kappa shape index (κ1) is 14.2. The smallest absolute Gasteiger partial charge is 0.149 e. The van der Waals surface area contributed by atoms with Crippen LogP contribution in [0.2, 0.25) is 0 Å². The third-order valence-electron chi connectivity index (χ3n) is 2.71. The van der Waals surface area contributed by atoms with Gasteiger partial charge in [-0.3, -0.25) is 0 Å². The van der Waals surface area contributed by atoms with Crippen molar-refractivity contribution in [3.63, 3.8) is 0 Å². The number of benzene rings is 2. The molecule has 0 spiro atoms. The molecule has 20 heavy (non-hydrogen) atoms. The fourth-order valence-corrected chi connectivity index (χ4v) is 1.90. The highest BCUT2D eigenvalue weighted by Gasteiger charge is 2.12. The number of anilines is 2. The number of nitrogens with two attached hydrogens (primary N) is 1. The van der Waals surface area contributed by atoms with Gasteiger partial charge in [0.1, 0.15) is 28.1 Å². The largest absolute Gasteiger partial charge is 0.497 e. The Morgan fingerprint density at radius 1 is 1.20 bits per heavy atom. The molecular formula is C14H12F2N2OS. The number of hydrogen-bond acceptors (Lipinski definition) is 3. The van der Waals surface area contributed by atoms with Crippen LogP contribution in [0, 0.1) is 11.6 Å². The lowest BCUT2D eigenvalue weighted by atomic mass is 10.1. The van der Waals surface area contributed by atoms with Crippen LogP contribution in [0.3, 0.4) is 0 Å². The van der Waals surface area contributed by atoms with Gasteiger partial charge in [0, 0.05) is 11.6 Å². The molecule has 104 valence electrons. The van der Waals surface area contributed by atoms with Crippen LogP contribution in [0.25, 0.3) is 0 Å². The molecule has 0 aliphatic heterocycles. The van der Waals surface area contributed by atoms with Crippen LogP contribution in [0.1, 0.15) is 5.56 Å². The van der Waals surface area contributed by atoms with Crippen LogP contribution in [-0.2, 0) is 0 Å². The number of ether oxygens (including phenoxy) is 1. The van der Waals surface area contributed by atoms with E-state index in [0.717, 1.165) is 12.1 Å². The highest BCUT2D eigenvalue weighted by Crippen LogP contribution is 2.28. The zero-order valence-corrected chi connectivity index (χ0v) is 11.4. The third kappa shape index (κ3) is 2.85. The molecular weight excluding hydrogens is 282 g/mol. The molecule has 0 radical (unpaired) electrons. The summed E-state index contributed by atoms with van der Waals surface area (Å²) >= 11 is 4.92. The van der Waals surface area contributed by atoms with Crippen molar-refractivity contribution in [2.75, 3.05) is 12.4 Å². The van der Waals surface area contributed by atoms with E-state index in [1.165, 1.54) is 13.2 Å². The lowest BCUT2D eigenvalue weighted by Gasteiger charge is -2.14. The Morgan fingerprint density at radius 3 is 2.40 bits per heavy atom. The van der Waals surface area contributed by atoms with Crippen LogP contribution in [0.4, 0.5) is 20.2 Å². The summed E-state index contributed by atoms with van der Waals surface area (Å²) < 4.78 is 32.4. The van der Waals surface area contributed by atoms with Crippen molar-refractivity contribution >= 4 is 28.6 Å². The molecule has 0 amide bonds. The van der Waals surface area contributed by atoms with Gasteiger partial charge in [-0.2, -0.15) is 0 Å². The molecule has 2 aromatic carbocycles. The van der Waals surface area contributed by atoms with E-state index >= 15 is 0 Å². The van der Waals surface area contributed by atoms with Crippen molar-refractivity contribution in [3.8, 4) is 5.75 Å². The maximum absolute atomic E-state index is 13.7. The predicted molar refractivity (Wildman–Crippen MR) is 78.5 cm³/mol. The molecule has 0 aromatic heterocycles. The first-order valence-electron chi connectivity index (χ1n) is 5.72. The fourth-order valence-electron chi connectivity index (χ4n) is 1.72. The predicted octanol–water partition coefficient (Wildman–Crippen LogP) is 3.35. The third-order valence-corrected chi connectivity index (χ3v) is 2.93. The van der Waals surface area contributed by atoms with E-state index in [1.807, 2.05) is 0 Å². The van der Waals surface area contributed by atoms with Crippen molar-refractivity contribution in [1.29, 1.82) is 0 Å². The number of hydrogen-bond donors (Lipinski definition) is 2. The van der Waals surface area contributed by atoms with E-state index in [1.54, 1.807) is 18.2 Å². The van der Waals surface area contributed by atoms with Gasteiger partial charge in [-0.15, -0.1) is 0 Å². The summed E-state index contributed by atoms with van der Waals surface area (Å²) in [5, 5.41) is 2.67. The molecule has 0 fully saturated rings. The van der Waals surface area contributed by atoms with Crippen LogP contribution in [-0.4, -0.2) is 12.1 Å². The number of nitrogens with one attached hydrogen (secondary N) is 1. The molecule has 2 aromatic rings. The SMILES string of the molecule is COc1ccc(C(N)=S)c(Nc2c(F)cccc2F)c1. The van der Waals surface area contributed by atoms with Crippen LogP contribution in [0.15, 0.2) is 36.4 Å². The molecule has 6 heteroatoms. The van der Waals surface area contributed by atoms with E-state index in [0.29, 0.717) is 17.0 Å². The summed E-state index contributed by atoms with van der Waals surface area (Å²) in [6, 6.07) is 8.47. The van der Waals surface area contributed by atoms with Gasteiger partial charge in [-0.05, 0) is 24.3 Å². The Hall–Kier alpha value is -2.21. The monoisotopic (exact) mass is 294 g/mol. The Kier molecular flexibility index (Phi) is 4.14. The van der Waals surface area contributed by atoms with E-state index in [4.69, 9.17) is 22.7 Å². The lowest BCUT2D eigenvalue weighted by Crippen LogP contribution is -2.12. The Labute approximate surface area is 120 Å². The summed E-state index contributed by atoms with van der Waals surface area (Å²) in [4.78, 5) is 0.118. The van der Waals surface area contributed by atoms with E-state index in [9.17, 15) is 8.78 Å². The molecule has 0 bridgehead atoms. The highest BCUT2D eigenvalue weighted by molar-refractivity contribution is 7.80. The minimum atomic E-state index is -0.707. The average molecular weight is 294 g/mol. The van der Waals surface area contributed by atoms with Crippen molar-refractivity contribution in [2.45, 2.75) is 0 Å². The number of rotatable bonds is 4. The number of para-hydroxylation sites is 1. The Balaban J connectivity index is 2.49. The van der Waals surface area contributed by atoms with Crippen molar-refractivity contribution in [3.05, 3.63) is 53.6 Å². The first-order valence-corrected chi connectivity index (χ1v) is 6.12. The zero-order chi connectivity index (χ0) is 14.7.